The van der Waals surface area contributed by atoms with Gasteiger partial charge in [0.05, 0.1) is 0 Å². The number of benzene rings is 1. The van der Waals surface area contributed by atoms with Gasteiger partial charge in [-0.1, -0.05) is 35.5 Å². The third-order valence-electron chi connectivity index (χ3n) is 3.93. The van der Waals surface area contributed by atoms with E-state index in [2.05, 4.69) is 17.1 Å². The largest absolute Gasteiger partial charge is 0.340 e. The van der Waals surface area contributed by atoms with Gasteiger partial charge < -0.3 is 9.42 Å². The molecule has 5 heteroatoms. The molecule has 1 amide bonds. The summed E-state index contributed by atoms with van der Waals surface area (Å²) < 4.78 is 5.23. The SMILES string of the molecule is CC1CCCN1C(=O)CCc1nc(-c2ccccc2)no1. The van der Waals surface area contributed by atoms with Crippen molar-refractivity contribution in [2.24, 2.45) is 0 Å². The van der Waals surface area contributed by atoms with Crippen LogP contribution in [-0.4, -0.2) is 33.5 Å². The number of amides is 1. The molecule has 0 N–H and O–H groups in total. The molecule has 0 radical (unpaired) electrons. The van der Waals surface area contributed by atoms with Crippen molar-refractivity contribution in [1.29, 1.82) is 0 Å². The van der Waals surface area contributed by atoms with Gasteiger partial charge in [-0.15, -0.1) is 0 Å². The number of aromatic nitrogens is 2. The molecule has 1 saturated heterocycles. The van der Waals surface area contributed by atoms with Crippen molar-refractivity contribution < 1.29 is 9.32 Å². The second-order valence-corrected chi connectivity index (χ2v) is 5.46. The third kappa shape index (κ3) is 3.12. The number of nitrogens with zero attached hydrogens (tertiary/aromatic N) is 3. The van der Waals surface area contributed by atoms with E-state index in [1.54, 1.807) is 0 Å². The standard InChI is InChI=1S/C16H19N3O2/c1-12-6-5-11-19(12)15(20)10-9-14-17-16(18-21-14)13-7-3-2-4-8-13/h2-4,7-8,12H,5-6,9-11H2,1H3. The average Bonchev–Trinajstić information content (AvgIpc) is 3.15. The van der Waals surface area contributed by atoms with E-state index in [9.17, 15) is 4.79 Å². The van der Waals surface area contributed by atoms with Crippen LogP contribution in [0.25, 0.3) is 11.4 Å². The van der Waals surface area contributed by atoms with E-state index in [-0.39, 0.29) is 5.91 Å². The van der Waals surface area contributed by atoms with Crippen molar-refractivity contribution in [3.8, 4) is 11.4 Å². The fourth-order valence-corrected chi connectivity index (χ4v) is 2.72. The summed E-state index contributed by atoms with van der Waals surface area (Å²) in [4.78, 5) is 18.4. The van der Waals surface area contributed by atoms with Crippen molar-refractivity contribution in [3.63, 3.8) is 0 Å². The van der Waals surface area contributed by atoms with Gasteiger partial charge in [-0.25, -0.2) is 0 Å². The maximum Gasteiger partial charge on any atom is 0.227 e. The highest BCUT2D eigenvalue weighted by atomic mass is 16.5. The van der Waals surface area contributed by atoms with Gasteiger partial charge in [-0.3, -0.25) is 4.79 Å². The molecule has 21 heavy (non-hydrogen) atoms. The van der Waals surface area contributed by atoms with Gasteiger partial charge >= 0.3 is 0 Å². The molecule has 1 aromatic carbocycles. The zero-order valence-electron chi connectivity index (χ0n) is 12.2. The Labute approximate surface area is 124 Å². The summed E-state index contributed by atoms with van der Waals surface area (Å²) in [6, 6.07) is 10.0. The molecule has 0 aliphatic carbocycles. The number of hydrogen-bond acceptors (Lipinski definition) is 4. The fraction of sp³-hybridized carbons (Fsp3) is 0.438. The van der Waals surface area contributed by atoms with Crippen LogP contribution in [0.15, 0.2) is 34.9 Å². The van der Waals surface area contributed by atoms with E-state index < -0.39 is 0 Å². The highest BCUT2D eigenvalue weighted by molar-refractivity contribution is 5.76. The first-order chi connectivity index (χ1) is 10.2. The number of rotatable bonds is 4. The summed E-state index contributed by atoms with van der Waals surface area (Å²) in [6.07, 6.45) is 3.14. The molecule has 2 aromatic rings. The lowest BCUT2D eigenvalue weighted by Gasteiger charge is -2.20. The van der Waals surface area contributed by atoms with Gasteiger partial charge in [-0.2, -0.15) is 4.98 Å². The predicted molar refractivity (Wildman–Crippen MR) is 78.5 cm³/mol. The van der Waals surface area contributed by atoms with Crippen LogP contribution >= 0.6 is 0 Å². The van der Waals surface area contributed by atoms with Crippen molar-refractivity contribution in [2.45, 2.75) is 38.6 Å². The number of carbonyl (C=O) groups excluding carboxylic acids is 1. The fourth-order valence-electron chi connectivity index (χ4n) is 2.72. The quantitative estimate of drug-likeness (QED) is 0.866. The lowest BCUT2D eigenvalue weighted by molar-refractivity contribution is -0.131. The van der Waals surface area contributed by atoms with Gasteiger partial charge in [0.15, 0.2) is 0 Å². The molecular weight excluding hydrogens is 266 g/mol. The molecule has 0 saturated carbocycles. The zero-order chi connectivity index (χ0) is 14.7. The van der Waals surface area contributed by atoms with Gasteiger partial charge in [0.1, 0.15) is 0 Å². The molecule has 0 bridgehead atoms. The Balaban J connectivity index is 1.59. The van der Waals surface area contributed by atoms with Gasteiger partial charge in [0.25, 0.3) is 0 Å². The summed E-state index contributed by atoms with van der Waals surface area (Å²) in [6.45, 7) is 2.98. The molecule has 3 rings (SSSR count). The second kappa shape index (κ2) is 6.08. The van der Waals surface area contributed by atoms with Crippen molar-refractivity contribution in [3.05, 3.63) is 36.2 Å². The first kappa shape index (κ1) is 13.8. The number of likely N-dealkylation sites (tertiary alicyclic amines) is 1. The zero-order valence-corrected chi connectivity index (χ0v) is 12.2. The lowest BCUT2D eigenvalue weighted by Crippen LogP contribution is -2.33. The van der Waals surface area contributed by atoms with Gasteiger partial charge in [0, 0.05) is 31.0 Å². The minimum Gasteiger partial charge on any atom is -0.340 e. The number of aryl methyl sites for hydroxylation is 1. The normalized spacial score (nSPS) is 18.1. The first-order valence-corrected chi connectivity index (χ1v) is 7.41. The Kier molecular flexibility index (Phi) is 3.99. The minimum atomic E-state index is 0.180. The molecule has 0 spiro atoms. The molecule has 1 fully saturated rings. The Hall–Kier alpha value is -2.17. The maximum absolute atomic E-state index is 12.1. The lowest BCUT2D eigenvalue weighted by atomic mass is 10.2. The maximum atomic E-state index is 12.1. The molecule has 5 nitrogen and oxygen atoms in total. The molecular formula is C16H19N3O2. The highest BCUT2D eigenvalue weighted by Crippen LogP contribution is 2.19. The second-order valence-electron chi connectivity index (χ2n) is 5.46. The van der Waals surface area contributed by atoms with Gasteiger partial charge in [-0.05, 0) is 19.8 Å². The average molecular weight is 285 g/mol. The molecule has 1 aromatic heterocycles. The summed E-state index contributed by atoms with van der Waals surface area (Å²) in [5.41, 5.74) is 0.923. The Morgan fingerprint density at radius 3 is 2.90 bits per heavy atom. The Morgan fingerprint density at radius 2 is 2.19 bits per heavy atom. The van der Waals surface area contributed by atoms with E-state index in [0.717, 1.165) is 24.9 Å². The van der Waals surface area contributed by atoms with Gasteiger partial charge in [0.2, 0.25) is 17.6 Å². The van der Waals surface area contributed by atoms with Crippen LogP contribution in [0, 0.1) is 0 Å². The van der Waals surface area contributed by atoms with E-state index in [0.29, 0.717) is 30.6 Å². The summed E-state index contributed by atoms with van der Waals surface area (Å²) in [5.74, 6) is 1.28. The van der Waals surface area contributed by atoms with E-state index >= 15 is 0 Å². The molecule has 1 unspecified atom stereocenters. The number of hydrogen-bond donors (Lipinski definition) is 0. The van der Waals surface area contributed by atoms with Crippen LogP contribution in [-0.2, 0) is 11.2 Å². The van der Waals surface area contributed by atoms with Crippen LogP contribution < -0.4 is 0 Å². The third-order valence-corrected chi connectivity index (χ3v) is 3.93. The summed E-state index contributed by atoms with van der Waals surface area (Å²) >= 11 is 0. The van der Waals surface area contributed by atoms with E-state index in [4.69, 9.17) is 4.52 Å². The van der Waals surface area contributed by atoms with Crippen molar-refractivity contribution in [1.82, 2.24) is 15.0 Å². The minimum absolute atomic E-state index is 0.180. The van der Waals surface area contributed by atoms with Crippen LogP contribution in [0.1, 0.15) is 32.1 Å². The first-order valence-electron chi connectivity index (χ1n) is 7.41. The predicted octanol–water partition coefficient (Wildman–Crippen LogP) is 2.68. The highest BCUT2D eigenvalue weighted by Gasteiger charge is 2.25. The molecule has 1 aliphatic rings. The van der Waals surface area contributed by atoms with Crippen LogP contribution in [0.2, 0.25) is 0 Å². The summed E-state index contributed by atoms with van der Waals surface area (Å²) in [7, 11) is 0. The van der Waals surface area contributed by atoms with Crippen LogP contribution in [0.3, 0.4) is 0 Å². The Bertz CT molecular complexity index is 609. The van der Waals surface area contributed by atoms with Crippen LogP contribution in [0.5, 0.6) is 0 Å². The van der Waals surface area contributed by atoms with Crippen LogP contribution in [0.4, 0.5) is 0 Å². The monoisotopic (exact) mass is 285 g/mol. The Morgan fingerprint density at radius 1 is 1.38 bits per heavy atom. The molecule has 110 valence electrons. The smallest absolute Gasteiger partial charge is 0.227 e. The molecule has 2 heterocycles. The number of carbonyl (C=O) groups is 1. The van der Waals surface area contributed by atoms with Crippen molar-refractivity contribution in [2.75, 3.05) is 6.54 Å². The van der Waals surface area contributed by atoms with E-state index in [1.165, 1.54) is 0 Å². The molecule has 1 atom stereocenters. The molecule has 1 aliphatic heterocycles. The van der Waals surface area contributed by atoms with E-state index in [1.807, 2.05) is 35.2 Å². The summed E-state index contributed by atoms with van der Waals surface area (Å²) in [5, 5.41) is 3.97. The van der Waals surface area contributed by atoms with Crippen molar-refractivity contribution >= 4 is 5.91 Å². The topological polar surface area (TPSA) is 59.2 Å².